The predicted octanol–water partition coefficient (Wildman–Crippen LogP) is 23.3. The van der Waals surface area contributed by atoms with E-state index in [1.165, 1.54) is 116 Å². The van der Waals surface area contributed by atoms with Crippen molar-refractivity contribution in [2.24, 2.45) is 0 Å². The average molecular weight is 1190 g/mol. The van der Waals surface area contributed by atoms with Gasteiger partial charge in [-0.25, -0.2) is 0 Å². The molecule has 0 saturated heterocycles. The normalized spacial score (nSPS) is 14.2. The third-order valence-electron chi connectivity index (χ3n) is 20.1. The van der Waals surface area contributed by atoms with Gasteiger partial charge in [-0.15, -0.1) is 0 Å². The molecule has 1 aliphatic heterocycles. The summed E-state index contributed by atoms with van der Waals surface area (Å²) in [4.78, 5) is 4.71. The highest BCUT2D eigenvalue weighted by Crippen LogP contribution is 2.62. The van der Waals surface area contributed by atoms with Gasteiger partial charge in [0.25, 0.3) is 0 Å². The van der Waals surface area contributed by atoms with Gasteiger partial charge in [0, 0.05) is 56.7 Å². The van der Waals surface area contributed by atoms with E-state index < -0.39 is 5.41 Å². The van der Waals surface area contributed by atoms with Crippen molar-refractivity contribution in [3.8, 4) is 16.8 Å². The number of aromatic nitrogens is 1. The number of hydrogen-bond donors (Lipinski definition) is 0. The Labute approximate surface area is 542 Å². The molecule has 3 nitrogen and oxygen atoms in total. The number of rotatable bonds is 13. The fraction of sp³-hybridized carbons (Fsp3) is 0.0444. The van der Waals surface area contributed by atoms with Gasteiger partial charge >= 0.3 is 0 Å². The molecular formula is C90H63N3. The first kappa shape index (κ1) is 54.2. The summed E-state index contributed by atoms with van der Waals surface area (Å²) >= 11 is 0. The Morgan fingerprint density at radius 2 is 0.720 bits per heavy atom. The topological polar surface area (TPSA) is 11.4 Å². The van der Waals surface area contributed by atoms with Crippen LogP contribution in [0.4, 0.5) is 34.1 Å². The summed E-state index contributed by atoms with van der Waals surface area (Å²) in [7, 11) is 0. The van der Waals surface area contributed by atoms with E-state index in [-0.39, 0.29) is 11.8 Å². The SMILES string of the molecule is c1ccc(N(c2ccccc2)c2ccc(C(Cc3ccc4c(c3)C3(c5cc(C(c6ccc(N(c7ccccc7)c7ccccc7)cc6)c6cccc7ccccc67)ccc5-4)c4ccccc4-n4c5ccccc5c5cccc3c54)c3cccc4ccccc34)cc2)cc1. The van der Waals surface area contributed by atoms with Crippen molar-refractivity contribution >= 4 is 77.5 Å². The van der Waals surface area contributed by atoms with E-state index in [0.717, 1.165) is 40.5 Å². The molecule has 16 aromatic rings. The summed E-state index contributed by atoms with van der Waals surface area (Å²) in [6.07, 6.45) is 0.788. The van der Waals surface area contributed by atoms with Crippen LogP contribution < -0.4 is 9.80 Å². The standard InChI is InChI=1S/C90H63N3/c1-5-28-67(29-6-1)91(68-30-7-2-8-31-68)71-52-47-64(48-53-71)81(75-39-21-26-62-24-13-15-36-73(62)75)58-61-46-56-76-77-57-51-66(60-85(77)90(84(76)59-61)82-42-18-20-45-87(82)93-86-44-19-17-38-78(86)80-41-23-43-83(90)89(80)93)88(79-40-22-27-63-25-14-16-37-74(63)79)65-49-54-72(55-50-65)92(69-32-9-3-10-33-69)70-34-11-4-12-35-70/h1-57,59-60,81,88H,58H2. The van der Waals surface area contributed by atoms with Gasteiger partial charge in [0.1, 0.15) is 0 Å². The smallest absolute Gasteiger partial charge is 0.0754 e. The molecule has 2 aliphatic rings. The zero-order chi connectivity index (χ0) is 61.4. The summed E-state index contributed by atoms with van der Waals surface area (Å²) < 4.78 is 2.57. The third-order valence-corrected chi connectivity index (χ3v) is 20.1. The Balaban J connectivity index is 0.841. The molecule has 0 N–H and O–H groups in total. The number of nitrogens with zero attached hydrogens (tertiary/aromatic N) is 3. The summed E-state index contributed by atoms with van der Waals surface area (Å²) in [5.74, 6) is -0.0867. The second-order valence-corrected chi connectivity index (χ2v) is 25.0. The molecule has 3 heteroatoms. The maximum absolute atomic E-state index is 2.62. The number of para-hydroxylation sites is 7. The average Bonchev–Trinajstić information content (AvgIpc) is 1.52. The molecular weight excluding hydrogens is 1120 g/mol. The van der Waals surface area contributed by atoms with E-state index in [1.54, 1.807) is 0 Å². The minimum atomic E-state index is -0.703. The zero-order valence-electron chi connectivity index (χ0n) is 51.3. The first-order chi connectivity index (χ1) is 46.2. The van der Waals surface area contributed by atoms with Crippen molar-refractivity contribution in [1.82, 2.24) is 4.57 Å². The summed E-state index contributed by atoms with van der Waals surface area (Å²) in [6, 6.07) is 134. The highest BCUT2D eigenvalue weighted by molar-refractivity contribution is 6.13. The molecule has 0 fully saturated rings. The van der Waals surface area contributed by atoms with Gasteiger partial charge in [0.2, 0.25) is 0 Å². The van der Waals surface area contributed by atoms with Gasteiger partial charge < -0.3 is 14.4 Å². The lowest BCUT2D eigenvalue weighted by Gasteiger charge is -2.40. The zero-order valence-corrected chi connectivity index (χ0v) is 51.3. The molecule has 1 aromatic heterocycles. The van der Waals surface area contributed by atoms with Crippen molar-refractivity contribution in [3.63, 3.8) is 0 Å². The van der Waals surface area contributed by atoms with Crippen LogP contribution in [0.5, 0.6) is 0 Å². The quantitative estimate of drug-likeness (QED) is 0.107. The minimum absolute atomic E-state index is 0.0290. The van der Waals surface area contributed by atoms with Crippen LogP contribution in [0.15, 0.2) is 358 Å². The van der Waals surface area contributed by atoms with Crippen LogP contribution in [-0.4, -0.2) is 4.57 Å². The first-order valence-corrected chi connectivity index (χ1v) is 32.5. The Bertz CT molecular complexity index is 5390. The molecule has 0 amide bonds. The molecule has 3 unspecified atom stereocenters. The second kappa shape index (κ2) is 22.3. The summed E-state index contributed by atoms with van der Waals surface area (Å²) in [5, 5.41) is 7.54. The Morgan fingerprint density at radius 3 is 1.33 bits per heavy atom. The molecule has 1 aliphatic carbocycles. The molecule has 1 spiro atoms. The van der Waals surface area contributed by atoms with Gasteiger partial charge in [-0.3, -0.25) is 0 Å². The molecule has 18 rings (SSSR count). The van der Waals surface area contributed by atoms with Gasteiger partial charge in [0.15, 0.2) is 0 Å². The molecule has 0 saturated carbocycles. The largest absolute Gasteiger partial charge is 0.311 e. The molecule has 2 heterocycles. The summed E-state index contributed by atoms with van der Waals surface area (Å²) in [5.41, 5.74) is 25.1. The lowest BCUT2D eigenvalue weighted by Crippen LogP contribution is -2.33. The van der Waals surface area contributed by atoms with Crippen LogP contribution in [0.25, 0.3) is 60.2 Å². The molecule has 0 radical (unpaired) electrons. The van der Waals surface area contributed by atoms with Crippen molar-refractivity contribution in [2.45, 2.75) is 23.7 Å². The predicted molar refractivity (Wildman–Crippen MR) is 388 cm³/mol. The Morgan fingerprint density at radius 1 is 0.290 bits per heavy atom. The van der Waals surface area contributed by atoms with Gasteiger partial charge in [0.05, 0.1) is 22.1 Å². The summed E-state index contributed by atoms with van der Waals surface area (Å²) in [6.45, 7) is 0. The highest BCUT2D eigenvalue weighted by atomic mass is 15.1. The van der Waals surface area contributed by atoms with E-state index in [4.69, 9.17) is 0 Å². The maximum Gasteiger partial charge on any atom is 0.0754 e. The van der Waals surface area contributed by atoms with Crippen molar-refractivity contribution in [1.29, 1.82) is 0 Å². The van der Waals surface area contributed by atoms with E-state index in [9.17, 15) is 0 Å². The maximum atomic E-state index is 2.62. The number of anilines is 6. The second-order valence-electron chi connectivity index (χ2n) is 25.0. The lowest BCUT2D eigenvalue weighted by atomic mass is 9.64. The van der Waals surface area contributed by atoms with Crippen molar-refractivity contribution in [2.75, 3.05) is 9.80 Å². The van der Waals surface area contributed by atoms with Crippen LogP contribution in [0, 0.1) is 0 Å². The molecule has 3 atom stereocenters. The molecule has 0 bridgehead atoms. The first-order valence-electron chi connectivity index (χ1n) is 32.5. The van der Waals surface area contributed by atoms with Gasteiger partial charge in [-0.05, 0) is 180 Å². The minimum Gasteiger partial charge on any atom is -0.311 e. The lowest BCUT2D eigenvalue weighted by molar-refractivity contribution is 0.741. The number of benzene rings is 15. The van der Waals surface area contributed by atoms with Gasteiger partial charge in [-0.2, -0.15) is 0 Å². The molecule has 93 heavy (non-hydrogen) atoms. The Hall–Kier alpha value is -11.8. The van der Waals surface area contributed by atoms with Crippen LogP contribution >= 0.6 is 0 Å². The number of hydrogen-bond acceptors (Lipinski definition) is 2. The molecule has 15 aromatic carbocycles. The third kappa shape index (κ3) is 8.80. The van der Waals surface area contributed by atoms with Crippen LogP contribution in [0.3, 0.4) is 0 Å². The number of fused-ring (bicyclic) bond motifs is 14. The van der Waals surface area contributed by atoms with Crippen LogP contribution in [0.1, 0.15) is 67.5 Å². The Kier molecular flexibility index (Phi) is 13.0. The monoisotopic (exact) mass is 1190 g/mol. The fourth-order valence-corrected chi connectivity index (χ4v) is 16.1. The van der Waals surface area contributed by atoms with Crippen LogP contribution in [-0.2, 0) is 11.8 Å². The van der Waals surface area contributed by atoms with E-state index >= 15 is 0 Å². The van der Waals surface area contributed by atoms with Crippen LogP contribution in [0.2, 0.25) is 0 Å². The van der Waals surface area contributed by atoms with Gasteiger partial charge in [-0.1, -0.05) is 273 Å². The van der Waals surface area contributed by atoms with E-state index in [0.29, 0.717) is 0 Å². The highest BCUT2D eigenvalue weighted by Gasteiger charge is 2.51. The van der Waals surface area contributed by atoms with Crippen molar-refractivity contribution < 1.29 is 0 Å². The fourth-order valence-electron chi connectivity index (χ4n) is 16.1. The van der Waals surface area contributed by atoms with Crippen molar-refractivity contribution in [3.05, 3.63) is 414 Å². The van der Waals surface area contributed by atoms with E-state index in [1.807, 2.05) is 0 Å². The molecule has 438 valence electrons. The van der Waals surface area contributed by atoms with E-state index in [2.05, 4.69) is 372 Å².